The molecule has 0 aliphatic carbocycles. The maximum Gasteiger partial charge on any atom is 0.162 e. The van der Waals surface area contributed by atoms with Gasteiger partial charge in [0.05, 0.1) is 22.3 Å². The molecule has 0 saturated heterocycles. The van der Waals surface area contributed by atoms with Crippen LogP contribution in [0.15, 0.2) is 18.2 Å². The van der Waals surface area contributed by atoms with Gasteiger partial charge in [0.15, 0.2) is 17.3 Å². The molecule has 0 fully saturated rings. The molecule has 2 aliphatic heterocycles. The van der Waals surface area contributed by atoms with Crippen molar-refractivity contribution in [2.75, 3.05) is 27.2 Å². The summed E-state index contributed by atoms with van der Waals surface area (Å²) in [4.78, 5) is 14.8. The Labute approximate surface area is 146 Å². The van der Waals surface area contributed by atoms with Crippen molar-refractivity contribution in [1.82, 2.24) is 4.90 Å². The summed E-state index contributed by atoms with van der Waals surface area (Å²) in [6.07, 6.45) is 3.04. The molecular weight excluding hydrogens is 290 g/mol. The second-order valence-electron chi connectivity index (χ2n) is 6.61. The number of benzene rings is 1. The van der Waals surface area contributed by atoms with Crippen LogP contribution >= 0.6 is 0 Å². The molecule has 4 heteroatoms. The van der Waals surface area contributed by atoms with Crippen LogP contribution in [0.4, 0.5) is 0 Å². The lowest BCUT2D eigenvalue weighted by atomic mass is 9.85. The minimum atomic E-state index is -2.77. The molecule has 1 aromatic rings. The monoisotopic (exact) mass is 321 g/mol. The molecule has 0 N–H and O–H groups in total. The second-order valence-corrected chi connectivity index (χ2v) is 6.61. The smallest absolute Gasteiger partial charge is 0.162 e. The van der Waals surface area contributed by atoms with E-state index in [1.807, 2.05) is 0 Å². The summed E-state index contributed by atoms with van der Waals surface area (Å²) in [5.41, 5.74) is 2.18. The molecule has 4 nitrogen and oxygen atoms in total. The quantitative estimate of drug-likeness (QED) is 0.854. The van der Waals surface area contributed by atoms with Gasteiger partial charge in [-0.2, -0.15) is 0 Å². The van der Waals surface area contributed by atoms with Crippen LogP contribution in [-0.4, -0.2) is 37.8 Å². The van der Waals surface area contributed by atoms with Gasteiger partial charge in [-0.3, -0.25) is 4.79 Å². The number of ether oxygens (including phenoxy) is 2. The molecule has 1 aromatic carbocycles. The predicted molar refractivity (Wildman–Crippen MR) is 90.8 cm³/mol. The SMILES string of the molecule is [2H]C([2H])([2H])Oc1cc2c(cc1OC([2H])([2H])[2H])C1=CC(=O)[C@H](CC(C)C)CN1CC2. The van der Waals surface area contributed by atoms with Crippen LogP contribution in [0.1, 0.15) is 39.6 Å². The Morgan fingerprint density at radius 3 is 2.74 bits per heavy atom. The molecule has 124 valence electrons. The molecule has 0 amide bonds. The first-order valence-corrected chi connectivity index (χ1v) is 7.88. The van der Waals surface area contributed by atoms with Crippen molar-refractivity contribution in [3.63, 3.8) is 0 Å². The molecule has 0 unspecified atom stereocenters. The van der Waals surface area contributed by atoms with Gasteiger partial charge in [-0.05, 0) is 36.5 Å². The van der Waals surface area contributed by atoms with E-state index in [1.165, 1.54) is 12.1 Å². The Morgan fingerprint density at radius 2 is 2.04 bits per heavy atom. The van der Waals surface area contributed by atoms with Crippen molar-refractivity contribution in [3.05, 3.63) is 29.3 Å². The third-order valence-corrected chi connectivity index (χ3v) is 4.54. The largest absolute Gasteiger partial charge is 0.493 e. The number of allylic oxidation sites excluding steroid dienone is 1. The number of ketones is 1. The fourth-order valence-electron chi connectivity index (χ4n) is 3.48. The number of hydrogen-bond donors (Lipinski definition) is 0. The number of fused-ring (bicyclic) bond motifs is 3. The van der Waals surface area contributed by atoms with Gasteiger partial charge in [0, 0.05) is 36.3 Å². The normalized spacial score (nSPS) is 25.0. The Hall–Kier alpha value is -1.97. The van der Waals surface area contributed by atoms with Gasteiger partial charge in [-0.15, -0.1) is 0 Å². The van der Waals surface area contributed by atoms with Gasteiger partial charge >= 0.3 is 0 Å². The van der Waals surface area contributed by atoms with Gasteiger partial charge in [-0.1, -0.05) is 13.8 Å². The average Bonchev–Trinajstić information content (AvgIpc) is 2.53. The number of nitrogens with zero attached hydrogens (tertiary/aromatic N) is 1. The highest BCUT2D eigenvalue weighted by atomic mass is 16.5. The zero-order valence-electron chi connectivity index (χ0n) is 19.4. The molecule has 1 atom stereocenters. The van der Waals surface area contributed by atoms with Crippen LogP contribution in [0.2, 0.25) is 0 Å². The lowest BCUT2D eigenvalue weighted by Crippen LogP contribution is -2.40. The van der Waals surface area contributed by atoms with Crippen LogP contribution in [-0.2, 0) is 11.2 Å². The molecule has 0 saturated carbocycles. The summed E-state index contributed by atoms with van der Waals surface area (Å²) in [7, 11) is -5.51. The molecule has 2 heterocycles. The highest BCUT2D eigenvalue weighted by Gasteiger charge is 2.32. The third-order valence-electron chi connectivity index (χ3n) is 4.54. The molecular formula is C19H25NO3. The molecule has 0 bridgehead atoms. The molecule has 23 heavy (non-hydrogen) atoms. The fraction of sp³-hybridized carbons (Fsp3) is 0.526. The first-order valence-electron chi connectivity index (χ1n) is 10.9. The van der Waals surface area contributed by atoms with E-state index in [2.05, 4.69) is 18.7 Å². The van der Waals surface area contributed by atoms with E-state index in [-0.39, 0.29) is 23.2 Å². The Kier molecular flexibility index (Phi) is 2.73. The first kappa shape index (κ1) is 10.0. The van der Waals surface area contributed by atoms with E-state index in [0.717, 1.165) is 12.0 Å². The summed E-state index contributed by atoms with van der Waals surface area (Å²) >= 11 is 0. The second kappa shape index (κ2) is 6.26. The van der Waals surface area contributed by atoms with Crippen LogP contribution < -0.4 is 9.47 Å². The van der Waals surface area contributed by atoms with Crippen molar-refractivity contribution >= 4 is 11.5 Å². The van der Waals surface area contributed by atoms with E-state index >= 15 is 0 Å². The lowest BCUT2D eigenvalue weighted by molar-refractivity contribution is -0.119. The van der Waals surface area contributed by atoms with E-state index in [1.54, 1.807) is 6.08 Å². The lowest BCUT2D eigenvalue weighted by Gasteiger charge is -2.39. The Morgan fingerprint density at radius 1 is 1.30 bits per heavy atom. The highest BCUT2D eigenvalue weighted by Crippen LogP contribution is 2.39. The zero-order valence-corrected chi connectivity index (χ0v) is 13.4. The van der Waals surface area contributed by atoms with Crippen LogP contribution in [0.5, 0.6) is 11.5 Å². The number of carbonyl (C=O) groups excluding carboxylic acids is 1. The van der Waals surface area contributed by atoms with Gasteiger partial charge in [0.1, 0.15) is 0 Å². The molecule has 0 spiro atoms. The third kappa shape index (κ3) is 2.94. The van der Waals surface area contributed by atoms with Gasteiger partial charge in [0.2, 0.25) is 0 Å². The summed E-state index contributed by atoms with van der Waals surface area (Å²) in [6, 6.07) is 2.97. The summed E-state index contributed by atoms with van der Waals surface area (Å²) in [5, 5.41) is 0. The maximum absolute atomic E-state index is 12.6. The van der Waals surface area contributed by atoms with Crippen molar-refractivity contribution in [2.24, 2.45) is 11.8 Å². The first-order chi connectivity index (χ1) is 13.3. The Balaban J connectivity index is 2.02. The topological polar surface area (TPSA) is 38.8 Å². The summed E-state index contributed by atoms with van der Waals surface area (Å²) in [6.45, 7) is 5.48. The molecule has 2 aliphatic rings. The fourth-order valence-corrected chi connectivity index (χ4v) is 3.48. The maximum atomic E-state index is 12.6. The molecule has 3 rings (SSSR count). The van der Waals surface area contributed by atoms with Crippen molar-refractivity contribution in [1.29, 1.82) is 0 Å². The van der Waals surface area contributed by atoms with Crippen LogP contribution in [0.25, 0.3) is 5.70 Å². The van der Waals surface area contributed by atoms with E-state index in [0.29, 0.717) is 36.7 Å². The van der Waals surface area contributed by atoms with Gasteiger partial charge < -0.3 is 14.4 Å². The minimum absolute atomic E-state index is 0.0545. The number of methoxy groups -OCH3 is 2. The number of carbonyl (C=O) groups is 1. The van der Waals surface area contributed by atoms with E-state index in [9.17, 15) is 4.79 Å². The highest BCUT2D eigenvalue weighted by molar-refractivity contribution is 6.00. The number of hydrogen-bond acceptors (Lipinski definition) is 4. The van der Waals surface area contributed by atoms with E-state index in [4.69, 9.17) is 17.7 Å². The van der Waals surface area contributed by atoms with Crippen LogP contribution in [0, 0.1) is 11.8 Å². The standard InChI is InChI=1S/C19H25NO3/c1-12(2)7-14-11-20-6-5-13-8-18(22-3)19(23-4)9-15(13)16(20)10-17(14)21/h8-10,12,14H,5-7,11H2,1-4H3/t14-/m1/s1/i3D3,4D3. The number of rotatable bonds is 4. The summed E-state index contributed by atoms with van der Waals surface area (Å²) < 4.78 is 54.2. The van der Waals surface area contributed by atoms with Crippen LogP contribution in [0.3, 0.4) is 0 Å². The average molecular weight is 321 g/mol. The summed E-state index contributed by atoms with van der Waals surface area (Å²) in [5.74, 6) is 0.0819. The molecule has 0 radical (unpaired) electrons. The Bertz CT molecular complexity index is 828. The van der Waals surface area contributed by atoms with Gasteiger partial charge in [-0.25, -0.2) is 0 Å². The van der Waals surface area contributed by atoms with Crippen molar-refractivity contribution in [2.45, 2.75) is 26.7 Å². The zero-order chi connectivity index (χ0) is 21.6. The van der Waals surface area contributed by atoms with E-state index < -0.39 is 14.1 Å². The molecule has 0 aromatic heterocycles. The van der Waals surface area contributed by atoms with Gasteiger partial charge in [0.25, 0.3) is 0 Å². The van der Waals surface area contributed by atoms with Crippen molar-refractivity contribution < 1.29 is 22.5 Å². The van der Waals surface area contributed by atoms with Crippen molar-refractivity contribution in [3.8, 4) is 11.5 Å². The predicted octanol–water partition coefficient (Wildman–Crippen LogP) is 3.15. The minimum Gasteiger partial charge on any atom is -0.493 e.